The average Bonchev–Trinajstić information content (AvgIpc) is 2.55. The molecule has 128 valence electrons. The van der Waals surface area contributed by atoms with E-state index in [-0.39, 0.29) is 0 Å². The van der Waals surface area contributed by atoms with Crippen LogP contribution in [-0.4, -0.2) is 45.3 Å². The van der Waals surface area contributed by atoms with Gasteiger partial charge in [-0.05, 0) is 75.6 Å². The van der Waals surface area contributed by atoms with Crippen LogP contribution in [-0.2, 0) is 6.54 Å². The summed E-state index contributed by atoms with van der Waals surface area (Å²) in [6, 6.07) is 6.12. The first-order valence-corrected chi connectivity index (χ1v) is 8.42. The van der Waals surface area contributed by atoms with Crippen LogP contribution in [0.5, 0.6) is 11.5 Å². The Kier molecular flexibility index (Phi) is 6.93. The lowest BCUT2D eigenvalue weighted by molar-refractivity contribution is 0.216. The summed E-state index contributed by atoms with van der Waals surface area (Å²) in [6.45, 7) is 10.7. The number of likely N-dealkylation sites (tertiary alicyclic amines) is 1. The highest BCUT2D eigenvalue weighted by Gasteiger charge is 2.16. The summed E-state index contributed by atoms with van der Waals surface area (Å²) in [4.78, 5) is 2.41. The SMILES string of the molecule is C=C(C)COc1cc(CNCC2CCN(C)CC2)ccc1OC. The van der Waals surface area contributed by atoms with Crippen LogP contribution in [0.4, 0.5) is 0 Å². The minimum absolute atomic E-state index is 0.517. The number of nitrogens with zero attached hydrogens (tertiary/aromatic N) is 1. The Morgan fingerprint density at radius 1 is 1.30 bits per heavy atom. The molecule has 1 saturated heterocycles. The fraction of sp³-hybridized carbons (Fsp3) is 0.579. The van der Waals surface area contributed by atoms with Gasteiger partial charge in [0.1, 0.15) is 6.61 Å². The second kappa shape index (κ2) is 8.94. The van der Waals surface area contributed by atoms with E-state index in [1.54, 1.807) is 7.11 Å². The van der Waals surface area contributed by atoms with Gasteiger partial charge >= 0.3 is 0 Å². The fourth-order valence-corrected chi connectivity index (χ4v) is 2.83. The summed E-state index contributed by atoms with van der Waals surface area (Å²) in [5.41, 5.74) is 2.22. The Morgan fingerprint density at radius 2 is 2.04 bits per heavy atom. The van der Waals surface area contributed by atoms with Crippen LogP contribution in [0.3, 0.4) is 0 Å². The summed E-state index contributed by atoms with van der Waals surface area (Å²) in [6.07, 6.45) is 2.58. The predicted molar refractivity (Wildman–Crippen MR) is 95.2 cm³/mol. The van der Waals surface area contributed by atoms with Crippen molar-refractivity contribution in [3.63, 3.8) is 0 Å². The lowest BCUT2D eigenvalue weighted by atomic mass is 9.97. The van der Waals surface area contributed by atoms with Gasteiger partial charge in [-0.25, -0.2) is 0 Å². The van der Waals surface area contributed by atoms with E-state index in [4.69, 9.17) is 9.47 Å². The van der Waals surface area contributed by atoms with E-state index in [0.717, 1.165) is 36.1 Å². The Hall–Kier alpha value is -1.52. The van der Waals surface area contributed by atoms with Gasteiger partial charge in [-0.15, -0.1) is 0 Å². The highest BCUT2D eigenvalue weighted by molar-refractivity contribution is 5.43. The van der Waals surface area contributed by atoms with Crippen molar-refractivity contribution in [2.75, 3.05) is 40.4 Å². The molecule has 0 saturated carbocycles. The van der Waals surface area contributed by atoms with Crippen LogP contribution in [0.1, 0.15) is 25.3 Å². The van der Waals surface area contributed by atoms with Crippen LogP contribution < -0.4 is 14.8 Å². The number of hydrogen-bond donors (Lipinski definition) is 1. The minimum atomic E-state index is 0.517. The molecule has 1 heterocycles. The molecule has 0 unspecified atom stereocenters. The third-order valence-corrected chi connectivity index (χ3v) is 4.30. The molecule has 1 aromatic carbocycles. The molecule has 0 bridgehead atoms. The molecule has 0 aliphatic carbocycles. The van der Waals surface area contributed by atoms with E-state index in [2.05, 4.69) is 36.0 Å². The molecular weight excluding hydrogens is 288 g/mol. The van der Waals surface area contributed by atoms with Crippen molar-refractivity contribution >= 4 is 0 Å². The molecule has 0 spiro atoms. The number of methoxy groups -OCH3 is 1. The van der Waals surface area contributed by atoms with Crippen LogP contribution in [0.25, 0.3) is 0 Å². The zero-order valence-corrected chi connectivity index (χ0v) is 14.7. The summed E-state index contributed by atoms with van der Waals surface area (Å²) >= 11 is 0. The Morgan fingerprint density at radius 3 is 2.70 bits per heavy atom. The van der Waals surface area contributed by atoms with Crippen molar-refractivity contribution in [2.45, 2.75) is 26.3 Å². The molecule has 0 radical (unpaired) electrons. The van der Waals surface area contributed by atoms with Gasteiger partial charge in [0.15, 0.2) is 11.5 Å². The standard InChI is InChI=1S/C19H30N2O2/c1-15(2)14-23-19-11-17(5-6-18(19)22-4)13-20-12-16-7-9-21(3)10-8-16/h5-6,11,16,20H,1,7-10,12-14H2,2-4H3. The molecule has 0 atom stereocenters. The molecule has 4 heteroatoms. The highest BCUT2D eigenvalue weighted by Crippen LogP contribution is 2.28. The molecular formula is C19H30N2O2. The van der Waals surface area contributed by atoms with Crippen LogP contribution in [0.15, 0.2) is 30.4 Å². The number of piperidine rings is 1. The van der Waals surface area contributed by atoms with Crippen molar-refractivity contribution in [3.8, 4) is 11.5 Å². The largest absolute Gasteiger partial charge is 0.493 e. The summed E-state index contributed by atoms with van der Waals surface area (Å²) < 4.78 is 11.1. The van der Waals surface area contributed by atoms with Gasteiger partial charge in [-0.2, -0.15) is 0 Å². The van der Waals surface area contributed by atoms with Crippen LogP contribution in [0, 0.1) is 5.92 Å². The van der Waals surface area contributed by atoms with E-state index in [0.29, 0.717) is 6.61 Å². The maximum absolute atomic E-state index is 5.78. The van der Waals surface area contributed by atoms with Gasteiger partial charge in [0.05, 0.1) is 7.11 Å². The molecule has 4 nitrogen and oxygen atoms in total. The predicted octanol–water partition coefficient (Wildman–Crippen LogP) is 3.08. The maximum Gasteiger partial charge on any atom is 0.161 e. The highest BCUT2D eigenvalue weighted by atomic mass is 16.5. The smallest absolute Gasteiger partial charge is 0.161 e. The molecule has 1 aliphatic rings. The average molecular weight is 318 g/mol. The number of nitrogens with one attached hydrogen (secondary N) is 1. The lowest BCUT2D eigenvalue weighted by Crippen LogP contribution is -2.34. The Balaban J connectivity index is 1.84. The van der Waals surface area contributed by atoms with Gasteiger partial charge in [-0.1, -0.05) is 12.6 Å². The number of ether oxygens (including phenoxy) is 2. The van der Waals surface area contributed by atoms with Crippen molar-refractivity contribution in [2.24, 2.45) is 5.92 Å². The van der Waals surface area contributed by atoms with E-state index in [9.17, 15) is 0 Å². The van der Waals surface area contributed by atoms with Crippen molar-refractivity contribution < 1.29 is 9.47 Å². The van der Waals surface area contributed by atoms with Crippen molar-refractivity contribution in [1.82, 2.24) is 10.2 Å². The monoisotopic (exact) mass is 318 g/mol. The van der Waals surface area contributed by atoms with Gasteiger partial charge in [-0.3, -0.25) is 0 Å². The second-order valence-electron chi connectivity index (χ2n) is 6.61. The van der Waals surface area contributed by atoms with Crippen LogP contribution >= 0.6 is 0 Å². The lowest BCUT2D eigenvalue weighted by Gasteiger charge is -2.29. The Bertz CT molecular complexity index is 508. The molecule has 0 amide bonds. The van der Waals surface area contributed by atoms with E-state index in [1.807, 2.05) is 13.0 Å². The van der Waals surface area contributed by atoms with Gasteiger partial charge in [0.25, 0.3) is 0 Å². The van der Waals surface area contributed by atoms with Gasteiger partial charge in [0, 0.05) is 6.54 Å². The third kappa shape index (κ3) is 5.88. The van der Waals surface area contributed by atoms with Gasteiger partial charge < -0.3 is 19.7 Å². The minimum Gasteiger partial charge on any atom is -0.493 e. The molecule has 1 aliphatic heterocycles. The van der Waals surface area contributed by atoms with E-state index < -0.39 is 0 Å². The van der Waals surface area contributed by atoms with Gasteiger partial charge in [0.2, 0.25) is 0 Å². The molecule has 1 fully saturated rings. The molecule has 23 heavy (non-hydrogen) atoms. The summed E-state index contributed by atoms with van der Waals surface area (Å²) in [5, 5.41) is 3.58. The zero-order chi connectivity index (χ0) is 16.7. The topological polar surface area (TPSA) is 33.7 Å². The maximum atomic E-state index is 5.78. The number of rotatable bonds is 8. The molecule has 1 aromatic rings. The molecule has 2 rings (SSSR count). The quantitative estimate of drug-likeness (QED) is 0.747. The molecule has 0 aromatic heterocycles. The third-order valence-electron chi connectivity index (χ3n) is 4.30. The molecule has 1 N–H and O–H groups in total. The van der Waals surface area contributed by atoms with E-state index >= 15 is 0 Å². The summed E-state index contributed by atoms with van der Waals surface area (Å²) in [5.74, 6) is 2.35. The zero-order valence-electron chi connectivity index (χ0n) is 14.7. The fourth-order valence-electron chi connectivity index (χ4n) is 2.83. The van der Waals surface area contributed by atoms with E-state index in [1.165, 1.54) is 31.5 Å². The van der Waals surface area contributed by atoms with Crippen LogP contribution in [0.2, 0.25) is 0 Å². The first-order valence-electron chi connectivity index (χ1n) is 8.42. The first kappa shape index (κ1) is 17.8. The number of hydrogen-bond acceptors (Lipinski definition) is 4. The van der Waals surface area contributed by atoms with Crippen molar-refractivity contribution in [3.05, 3.63) is 35.9 Å². The Labute approximate surface area is 140 Å². The summed E-state index contributed by atoms with van der Waals surface area (Å²) in [7, 11) is 3.87. The second-order valence-corrected chi connectivity index (χ2v) is 6.61. The van der Waals surface area contributed by atoms with Crippen molar-refractivity contribution in [1.29, 1.82) is 0 Å². The number of benzene rings is 1. The normalized spacial score (nSPS) is 16.3. The first-order chi connectivity index (χ1) is 11.1.